The lowest BCUT2D eigenvalue weighted by atomic mass is 9.73. The first-order valence-electron chi connectivity index (χ1n) is 9.03. The lowest BCUT2D eigenvalue weighted by Gasteiger charge is -2.31. The number of aryl methyl sites for hydroxylation is 1. The molecule has 0 radical (unpaired) electrons. The average molecular weight is 368 g/mol. The number of hydrogen-bond donors (Lipinski definition) is 2. The van der Waals surface area contributed by atoms with Crippen LogP contribution in [0.2, 0.25) is 0 Å². The van der Waals surface area contributed by atoms with Gasteiger partial charge in [0.25, 0.3) is 0 Å². The summed E-state index contributed by atoms with van der Waals surface area (Å²) in [6.07, 6.45) is 10.1. The second kappa shape index (κ2) is 7.36. The Morgan fingerprint density at radius 1 is 1.00 bits per heavy atom. The zero-order valence-corrected chi connectivity index (χ0v) is 16.1. The fourth-order valence-corrected chi connectivity index (χ4v) is 4.50. The first-order valence-corrected chi connectivity index (χ1v) is 10.6. The van der Waals surface area contributed by atoms with Crippen molar-refractivity contribution >= 4 is 12.9 Å². The molecule has 2 N–H and O–H groups in total. The summed E-state index contributed by atoms with van der Waals surface area (Å²) in [5.41, 5.74) is 2.68. The fraction of sp³-hybridized carbons (Fsp3) is 0.273. The van der Waals surface area contributed by atoms with E-state index in [1.54, 1.807) is 6.07 Å². The van der Waals surface area contributed by atoms with Crippen LogP contribution in [0.3, 0.4) is 0 Å². The number of hydrogen-bond acceptors (Lipinski definition) is 1. The van der Waals surface area contributed by atoms with Gasteiger partial charge >= 0.3 is 7.60 Å². The highest BCUT2D eigenvalue weighted by Crippen LogP contribution is 2.41. The van der Waals surface area contributed by atoms with Crippen LogP contribution in [0, 0.1) is 0 Å². The molecule has 0 fully saturated rings. The second-order valence-electron chi connectivity index (χ2n) is 6.79. The molecule has 2 aromatic rings. The largest absolute Gasteiger partial charge is 0.356 e. The maximum Gasteiger partial charge on any atom is 0.356 e. The fourth-order valence-electron chi connectivity index (χ4n) is 3.60. The van der Waals surface area contributed by atoms with Crippen LogP contribution in [0.25, 0.3) is 0 Å². The Labute approximate surface area is 155 Å². The van der Waals surface area contributed by atoms with Gasteiger partial charge in [0.1, 0.15) is 0 Å². The first kappa shape index (κ1) is 18.8. The lowest BCUT2D eigenvalue weighted by Crippen LogP contribution is -2.23. The van der Waals surface area contributed by atoms with E-state index in [0.29, 0.717) is 5.56 Å². The molecule has 0 heterocycles. The number of allylic oxidation sites excluding steroid dienone is 4. The van der Waals surface area contributed by atoms with Gasteiger partial charge in [0.15, 0.2) is 0 Å². The molecule has 26 heavy (non-hydrogen) atoms. The molecule has 0 unspecified atom stereocenters. The molecule has 0 saturated heterocycles. The summed E-state index contributed by atoms with van der Waals surface area (Å²) < 4.78 is 12.0. The number of benzene rings is 2. The van der Waals surface area contributed by atoms with Gasteiger partial charge in [-0.1, -0.05) is 80.6 Å². The maximum absolute atomic E-state index is 12.0. The minimum absolute atomic E-state index is 0.132. The zero-order valence-electron chi connectivity index (χ0n) is 15.2. The van der Waals surface area contributed by atoms with Gasteiger partial charge in [-0.25, -0.2) is 0 Å². The summed E-state index contributed by atoms with van der Waals surface area (Å²) in [6, 6.07) is 15.8. The molecule has 3 nitrogen and oxygen atoms in total. The van der Waals surface area contributed by atoms with Crippen molar-refractivity contribution in [3.05, 3.63) is 89.5 Å². The van der Waals surface area contributed by atoms with Crippen LogP contribution in [0.5, 0.6) is 0 Å². The first-order chi connectivity index (χ1) is 12.4. The molecule has 0 atom stereocenters. The van der Waals surface area contributed by atoms with Crippen LogP contribution in [-0.2, 0) is 16.4 Å². The third-order valence-electron chi connectivity index (χ3n) is 5.27. The number of rotatable bonds is 5. The average Bonchev–Trinajstić information content (AvgIpc) is 2.67. The molecule has 0 aliphatic heterocycles. The van der Waals surface area contributed by atoms with E-state index >= 15 is 0 Å². The molecular weight excluding hydrogens is 343 g/mol. The molecule has 0 spiro atoms. The molecule has 0 aromatic heterocycles. The summed E-state index contributed by atoms with van der Waals surface area (Å²) in [5.74, 6) is -0.132. The van der Waals surface area contributed by atoms with Crippen molar-refractivity contribution in [2.45, 2.75) is 38.0 Å². The van der Waals surface area contributed by atoms with Crippen molar-refractivity contribution < 1.29 is 14.4 Å². The Hall–Kier alpha value is -1.93. The van der Waals surface area contributed by atoms with Crippen LogP contribution in [-0.4, -0.2) is 9.79 Å². The Morgan fingerprint density at radius 3 is 2.19 bits per heavy atom. The molecule has 0 amide bonds. The van der Waals surface area contributed by atoms with Crippen molar-refractivity contribution in [3.63, 3.8) is 0 Å². The van der Waals surface area contributed by atoms with Crippen LogP contribution >= 0.6 is 7.60 Å². The Bertz CT molecular complexity index is 864. The molecule has 4 heteroatoms. The molecule has 0 bridgehead atoms. The smallest absolute Gasteiger partial charge is 0.321 e. The molecule has 2 aromatic carbocycles. The van der Waals surface area contributed by atoms with Crippen molar-refractivity contribution in [2.24, 2.45) is 0 Å². The van der Waals surface area contributed by atoms with Crippen molar-refractivity contribution in [2.75, 3.05) is 0 Å². The molecule has 3 rings (SSSR count). The van der Waals surface area contributed by atoms with E-state index in [1.807, 2.05) is 37.3 Å². The summed E-state index contributed by atoms with van der Waals surface area (Å²) in [4.78, 5) is 19.6. The third kappa shape index (κ3) is 3.61. The van der Waals surface area contributed by atoms with E-state index in [0.717, 1.165) is 18.4 Å². The predicted octanol–water partition coefficient (Wildman–Crippen LogP) is 4.61. The Morgan fingerprint density at radius 2 is 1.65 bits per heavy atom. The molecule has 1 aliphatic carbocycles. The van der Waals surface area contributed by atoms with Crippen LogP contribution in [0.4, 0.5) is 0 Å². The van der Waals surface area contributed by atoms with Gasteiger partial charge in [-0.05, 0) is 35.6 Å². The van der Waals surface area contributed by atoms with Crippen LogP contribution in [0.1, 0.15) is 42.9 Å². The van der Waals surface area contributed by atoms with Gasteiger partial charge in [0.2, 0.25) is 0 Å². The predicted molar refractivity (Wildman–Crippen MR) is 107 cm³/mol. The van der Waals surface area contributed by atoms with Gasteiger partial charge in [-0.2, -0.15) is 0 Å². The summed E-state index contributed by atoms with van der Waals surface area (Å²) in [6.45, 7) is 4.13. The highest BCUT2D eigenvalue weighted by molar-refractivity contribution is 7.60. The van der Waals surface area contributed by atoms with Gasteiger partial charge in [-0.3, -0.25) is 4.57 Å². The van der Waals surface area contributed by atoms with Gasteiger partial charge < -0.3 is 9.79 Å². The quantitative estimate of drug-likeness (QED) is 0.599. The Balaban J connectivity index is 2.00. The van der Waals surface area contributed by atoms with E-state index in [9.17, 15) is 14.4 Å². The van der Waals surface area contributed by atoms with Crippen molar-refractivity contribution in [1.29, 1.82) is 0 Å². The normalized spacial score (nSPS) is 22.5. The van der Waals surface area contributed by atoms with E-state index in [-0.39, 0.29) is 16.6 Å². The highest BCUT2D eigenvalue weighted by atomic mass is 31.2. The van der Waals surface area contributed by atoms with Gasteiger partial charge in [0.05, 0.1) is 5.30 Å². The highest BCUT2D eigenvalue weighted by Gasteiger charge is 2.30. The Kier molecular flexibility index (Phi) is 5.34. The van der Waals surface area contributed by atoms with E-state index in [2.05, 4.69) is 43.4 Å². The van der Waals surface area contributed by atoms with Crippen LogP contribution in [0.15, 0.2) is 72.8 Å². The molecule has 0 saturated carbocycles. The lowest BCUT2D eigenvalue weighted by molar-refractivity contribution is 0.387. The molecule has 136 valence electrons. The standard InChI is InChI=1S/C22H25O3P/c1-3-17-10-11-20(21(16-17)26(23,24)25)18-12-14-22(4-2,15-13-18)19-8-6-5-7-9-19/h5-16,18H,3-4H2,1-2H3,(H2,23,24,25). The zero-order chi connectivity index (χ0) is 18.8. The SMILES string of the molecule is CCc1ccc(C2C=CC(CC)(c3ccccc3)C=C2)c(P(=O)(O)O)c1. The topological polar surface area (TPSA) is 57.5 Å². The summed E-state index contributed by atoms with van der Waals surface area (Å²) >= 11 is 0. The summed E-state index contributed by atoms with van der Waals surface area (Å²) in [7, 11) is -4.33. The second-order valence-corrected chi connectivity index (χ2v) is 8.36. The van der Waals surface area contributed by atoms with E-state index < -0.39 is 7.60 Å². The third-order valence-corrected chi connectivity index (χ3v) is 6.29. The maximum atomic E-state index is 12.0. The van der Waals surface area contributed by atoms with Gasteiger partial charge in [0, 0.05) is 11.3 Å². The van der Waals surface area contributed by atoms with Crippen LogP contribution < -0.4 is 5.30 Å². The monoisotopic (exact) mass is 368 g/mol. The van der Waals surface area contributed by atoms with Crippen molar-refractivity contribution in [1.82, 2.24) is 0 Å². The van der Waals surface area contributed by atoms with Gasteiger partial charge in [-0.15, -0.1) is 0 Å². The summed E-state index contributed by atoms with van der Waals surface area (Å²) in [5, 5.41) is 0.139. The van der Waals surface area contributed by atoms with Crippen molar-refractivity contribution in [3.8, 4) is 0 Å². The minimum Gasteiger partial charge on any atom is -0.321 e. The molecule has 1 aliphatic rings. The minimum atomic E-state index is -4.33. The van der Waals surface area contributed by atoms with E-state index in [4.69, 9.17) is 0 Å². The van der Waals surface area contributed by atoms with E-state index in [1.165, 1.54) is 5.56 Å². The molecular formula is C22H25O3P.